The molecule has 35 heavy (non-hydrogen) atoms. The maximum Gasteiger partial charge on any atom is 0.261 e. The van der Waals surface area contributed by atoms with E-state index in [1.54, 1.807) is 28.0 Å². The lowest BCUT2D eigenvalue weighted by molar-refractivity contribution is 0.0735. The van der Waals surface area contributed by atoms with Crippen LogP contribution in [0.5, 0.6) is 0 Å². The molecule has 1 N–H and O–H groups in total. The number of nitrogens with zero attached hydrogens (tertiary/aromatic N) is 6. The lowest BCUT2D eigenvalue weighted by Crippen LogP contribution is -2.34. The van der Waals surface area contributed by atoms with Crippen LogP contribution >= 0.6 is 0 Å². The van der Waals surface area contributed by atoms with Crippen LogP contribution in [0.15, 0.2) is 66.4 Å². The van der Waals surface area contributed by atoms with Crippen LogP contribution in [0.2, 0.25) is 0 Å². The third-order valence-electron chi connectivity index (χ3n) is 7.04. The molecule has 6 rings (SSSR count). The van der Waals surface area contributed by atoms with E-state index in [2.05, 4.69) is 26.1 Å². The highest BCUT2D eigenvalue weighted by molar-refractivity contribution is 6.06. The Hall–Kier alpha value is -3.91. The van der Waals surface area contributed by atoms with Crippen molar-refractivity contribution >= 4 is 21.7 Å². The lowest BCUT2D eigenvalue weighted by atomic mass is 9.92. The van der Waals surface area contributed by atoms with E-state index in [0.717, 1.165) is 52.4 Å². The van der Waals surface area contributed by atoms with Gasteiger partial charge < -0.3 is 5.11 Å². The zero-order valence-electron chi connectivity index (χ0n) is 19.5. The minimum absolute atomic E-state index is 0.106. The van der Waals surface area contributed by atoms with Crippen molar-refractivity contribution in [1.29, 1.82) is 0 Å². The molecule has 0 bridgehead atoms. The molecule has 0 spiro atoms. The van der Waals surface area contributed by atoms with Crippen LogP contribution in [-0.2, 0) is 13.5 Å². The first kappa shape index (κ1) is 21.6. The van der Waals surface area contributed by atoms with Gasteiger partial charge in [-0.15, -0.1) is 0 Å². The van der Waals surface area contributed by atoms with E-state index in [4.69, 9.17) is 0 Å². The number of benzene rings is 1. The minimum atomic E-state index is -0.519. The highest BCUT2D eigenvalue weighted by atomic mass is 16.3. The fraction of sp³-hybridized carbons (Fsp3) is 0.296. The number of aromatic nitrogens is 6. The van der Waals surface area contributed by atoms with Gasteiger partial charge in [-0.3, -0.25) is 24.0 Å². The van der Waals surface area contributed by atoms with Gasteiger partial charge in [0.2, 0.25) is 0 Å². The van der Waals surface area contributed by atoms with E-state index in [1.165, 1.54) is 0 Å². The monoisotopic (exact) mass is 466 g/mol. The summed E-state index contributed by atoms with van der Waals surface area (Å²) in [5, 5.41) is 17.2. The fourth-order valence-corrected chi connectivity index (χ4v) is 5.21. The average molecular weight is 467 g/mol. The molecule has 4 aromatic heterocycles. The first-order valence-electron chi connectivity index (χ1n) is 12.0. The van der Waals surface area contributed by atoms with Crippen molar-refractivity contribution in [1.82, 2.24) is 29.3 Å². The van der Waals surface area contributed by atoms with E-state index in [0.29, 0.717) is 23.7 Å². The van der Waals surface area contributed by atoms with Crippen molar-refractivity contribution in [2.75, 3.05) is 0 Å². The molecule has 1 aliphatic carbocycles. The average Bonchev–Trinajstić information content (AvgIpc) is 3.32. The minimum Gasteiger partial charge on any atom is -0.391 e. The van der Waals surface area contributed by atoms with Crippen molar-refractivity contribution in [2.24, 2.45) is 7.05 Å². The maximum absolute atomic E-state index is 13.6. The zero-order chi connectivity index (χ0) is 23.9. The predicted octanol–water partition coefficient (Wildman–Crippen LogP) is 3.81. The smallest absolute Gasteiger partial charge is 0.261 e. The Balaban J connectivity index is 1.43. The summed E-state index contributed by atoms with van der Waals surface area (Å²) in [6.07, 6.45) is 14.4. The van der Waals surface area contributed by atoms with E-state index >= 15 is 0 Å². The van der Waals surface area contributed by atoms with Crippen LogP contribution in [-0.4, -0.2) is 40.5 Å². The Morgan fingerprint density at radius 3 is 2.69 bits per heavy atom. The molecule has 2 atom stereocenters. The molecule has 1 saturated carbocycles. The van der Waals surface area contributed by atoms with Gasteiger partial charge in [0.25, 0.3) is 5.56 Å². The molecule has 0 saturated heterocycles. The summed E-state index contributed by atoms with van der Waals surface area (Å²) >= 11 is 0. The number of pyridine rings is 2. The number of hydrogen-bond acceptors (Lipinski definition) is 6. The van der Waals surface area contributed by atoms with Crippen LogP contribution in [0.3, 0.4) is 0 Å². The molecule has 0 aliphatic heterocycles. The highest BCUT2D eigenvalue weighted by Crippen LogP contribution is 2.30. The second-order valence-corrected chi connectivity index (χ2v) is 9.36. The summed E-state index contributed by atoms with van der Waals surface area (Å²) in [7, 11) is 1.88. The van der Waals surface area contributed by atoms with E-state index in [9.17, 15) is 9.90 Å². The van der Waals surface area contributed by atoms with Crippen LogP contribution in [0, 0.1) is 0 Å². The van der Waals surface area contributed by atoms with Crippen molar-refractivity contribution < 1.29 is 5.11 Å². The zero-order valence-corrected chi connectivity index (χ0v) is 19.5. The summed E-state index contributed by atoms with van der Waals surface area (Å²) in [6.45, 7) is 0. The summed E-state index contributed by atoms with van der Waals surface area (Å²) in [5.41, 5.74) is 4.43. The second-order valence-electron chi connectivity index (χ2n) is 9.36. The first-order valence-corrected chi connectivity index (χ1v) is 12.0. The Labute approximate surface area is 201 Å². The molecular formula is C27H26N6O2. The summed E-state index contributed by atoms with van der Waals surface area (Å²) in [5.74, 6) is 0. The number of aliphatic hydroxyl groups is 1. The van der Waals surface area contributed by atoms with E-state index in [1.807, 2.05) is 43.8 Å². The van der Waals surface area contributed by atoms with Crippen LogP contribution in [0.1, 0.15) is 42.9 Å². The van der Waals surface area contributed by atoms with Crippen LogP contribution < -0.4 is 5.56 Å². The molecule has 1 aromatic carbocycles. The number of hydrogen-bond donors (Lipinski definition) is 1. The second kappa shape index (κ2) is 8.70. The number of aliphatic hydroxyl groups excluding tert-OH is 1. The molecular weight excluding hydrogens is 440 g/mol. The van der Waals surface area contributed by atoms with E-state index in [-0.39, 0.29) is 11.6 Å². The SMILES string of the molecule is Cn1cc(-c2ccc(Cc3cc4c(=O)n(C5CCCC[C@@H]5O)cnc4c4ccncc34)cn2)cn1. The third kappa shape index (κ3) is 3.89. The van der Waals surface area contributed by atoms with Gasteiger partial charge in [0.15, 0.2) is 0 Å². The summed E-state index contributed by atoms with van der Waals surface area (Å²) in [4.78, 5) is 27.2. The highest BCUT2D eigenvalue weighted by Gasteiger charge is 2.26. The van der Waals surface area contributed by atoms with Crippen LogP contribution in [0.25, 0.3) is 32.9 Å². The van der Waals surface area contributed by atoms with Gasteiger partial charge in [0, 0.05) is 48.2 Å². The van der Waals surface area contributed by atoms with Gasteiger partial charge >= 0.3 is 0 Å². The molecule has 1 aliphatic rings. The van der Waals surface area contributed by atoms with Crippen molar-refractivity contribution in [3.8, 4) is 11.3 Å². The Morgan fingerprint density at radius 2 is 1.91 bits per heavy atom. The third-order valence-corrected chi connectivity index (χ3v) is 7.04. The fourth-order valence-electron chi connectivity index (χ4n) is 5.21. The molecule has 8 nitrogen and oxygen atoms in total. The Kier molecular flexibility index (Phi) is 5.37. The number of fused-ring (bicyclic) bond motifs is 3. The normalized spacial score (nSPS) is 18.3. The molecule has 5 aromatic rings. The van der Waals surface area contributed by atoms with Gasteiger partial charge in [-0.2, -0.15) is 5.10 Å². The van der Waals surface area contributed by atoms with Crippen molar-refractivity contribution in [2.45, 2.75) is 44.2 Å². The summed E-state index contributed by atoms with van der Waals surface area (Å²) < 4.78 is 3.39. The standard InChI is InChI=1S/C27H26N6O2/c1-32-15-19(13-31-32)23-7-6-17(12-29-23)10-18-11-21-26(20-8-9-28-14-22(18)20)30-16-33(27(21)35)24-4-2-3-5-25(24)34/h6-9,11-16,24-25,34H,2-5,10H2,1H3/t24?,25-/m0/s1. The Morgan fingerprint density at radius 1 is 1.03 bits per heavy atom. The molecule has 0 amide bonds. The molecule has 1 unspecified atom stereocenters. The Bertz CT molecular complexity index is 1590. The van der Waals surface area contributed by atoms with Gasteiger partial charge in [-0.05, 0) is 48.6 Å². The summed E-state index contributed by atoms with van der Waals surface area (Å²) in [6, 6.07) is 7.68. The van der Waals surface area contributed by atoms with Gasteiger partial charge in [0.1, 0.15) is 0 Å². The quantitative estimate of drug-likeness (QED) is 0.405. The van der Waals surface area contributed by atoms with Crippen molar-refractivity contribution in [3.63, 3.8) is 0 Å². The van der Waals surface area contributed by atoms with Crippen molar-refractivity contribution in [3.05, 3.63) is 83.1 Å². The number of rotatable bonds is 4. The lowest BCUT2D eigenvalue weighted by Gasteiger charge is -2.29. The topological polar surface area (TPSA) is 98.7 Å². The first-order chi connectivity index (χ1) is 17.1. The van der Waals surface area contributed by atoms with Crippen LogP contribution in [0.4, 0.5) is 0 Å². The molecule has 8 heteroatoms. The molecule has 176 valence electrons. The predicted molar refractivity (Wildman–Crippen MR) is 134 cm³/mol. The molecule has 4 heterocycles. The largest absolute Gasteiger partial charge is 0.391 e. The maximum atomic E-state index is 13.6. The van der Waals surface area contributed by atoms with Gasteiger partial charge in [-0.1, -0.05) is 18.9 Å². The number of aryl methyl sites for hydroxylation is 1. The van der Waals surface area contributed by atoms with Gasteiger partial charge in [-0.25, -0.2) is 4.98 Å². The van der Waals surface area contributed by atoms with Gasteiger partial charge in [0.05, 0.1) is 41.3 Å². The molecule has 1 fully saturated rings. The molecule has 0 radical (unpaired) electrons. The van der Waals surface area contributed by atoms with E-state index < -0.39 is 6.10 Å².